The Balaban J connectivity index is 2.04. The van der Waals surface area contributed by atoms with Crippen LogP contribution < -0.4 is 5.32 Å². The summed E-state index contributed by atoms with van der Waals surface area (Å²) in [5.74, 6) is 0. The number of carbonyl (C=O) groups excluding carboxylic acids is 1. The molecule has 2 amide bonds. The van der Waals surface area contributed by atoms with Gasteiger partial charge in [-0.25, -0.2) is 4.79 Å². The van der Waals surface area contributed by atoms with Crippen LogP contribution in [0, 0.1) is 0 Å². The van der Waals surface area contributed by atoms with E-state index in [0.717, 1.165) is 23.0 Å². The van der Waals surface area contributed by atoms with E-state index in [-0.39, 0.29) is 6.03 Å². The van der Waals surface area contributed by atoms with Gasteiger partial charge in [-0.1, -0.05) is 15.9 Å². The van der Waals surface area contributed by atoms with Gasteiger partial charge in [-0.3, -0.25) is 0 Å². The summed E-state index contributed by atoms with van der Waals surface area (Å²) in [5, 5.41) is 2.97. The van der Waals surface area contributed by atoms with E-state index in [1.54, 1.807) is 0 Å². The first kappa shape index (κ1) is 13.4. The fourth-order valence-corrected chi connectivity index (χ4v) is 2.81. The van der Waals surface area contributed by atoms with Crippen molar-refractivity contribution in [1.29, 1.82) is 0 Å². The fraction of sp³-hybridized carbons (Fsp3) is 0.500. The van der Waals surface area contributed by atoms with Gasteiger partial charge in [0.2, 0.25) is 0 Å². The first-order valence-corrected chi connectivity index (χ1v) is 7.22. The van der Waals surface area contributed by atoms with Crippen molar-refractivity contribution in [1.82, 2.24) is 4.90 Å². The number of hydrogen-bond acceptors (Lipinski definition) is 1. The minimum Gasteiger partial charge on any atom is -0.319 e. The third kappa shape index (κ3) is 3.05. The Labute approximate surface area is 117 Å². The molecule has 2 rings (SSSR count). The van der Waals surface area contributed by atoms with Gasteiger partial charge >= 0.3 is 6.03 Å². The van der Waals surface area contributed by atoms with Crippen molar-refractivity contribution in [3.63, 3.8) is 0 Å². The molecule has 1 heterocycles. The van der Waals surface area contributed by atoms with Crippen molar-refractivity contribution in [2.45, 2.75) is 45.2 Å². The number of likely N-dealkylation sites (tertiary alicyclic amines) is 1. The average molecular weight is 311 g/mol. The highest BCUT2D eigenvalue weighted by molar-refractivity contribution is 9.10. The van der Waals surface area contributed by atoms with Gasteiger partial charge in [0.15, 0.2) is 0 Å². The number of nitrogens with zero attached hydrogens (tertiary/aromatic N) is 1. The van der Waals surface area contributed by atoms with E-state index in [1.807, 2.05) is 29.2 Å². The fourth-order valence-electron chi connectivity index (χ4n) is 2.54. The highest BCUT2D eigenvalue weighted by atomic mass is 79.9. The lowest BCUT2D eigenvalue weighted by Crippen LogP contribution is -2.49. The summed E-state index contributed by atoms with van der Waals surface area (Å²) < 4.78 is 1.01. The van der Waals surface area contributed by atoms with E-state index in [1.165, 1.54) is 6.42 Å². The van der Waals surface area contributed by atoms with Crippen LogP contribution in [0.5, 0.6) is 0 Å². The molecule has 1 aliphatic heterocycles. The summed E-state index contributed by atoms with van der Waals surface area (Å²) in [6, 6.07) is 8.32. The van der Waals surface area contributed by atoms with Crippen LogP contribution in [0.25, 0.3) is 0 Å². The predicted molar refractivity (Wildman–Crippen MR) is 77.8 cm³/mol. The highest BCUT2D eigenvalue weighted by Crippen LogP contribution is 2.23. The lowest BCUT2D eigenvalue weighted by atomic mass is 9.98. The number of nitrogens with one attached hydrogen (secondary N) is 1. The van der Waals surface area contributed by atoms with E-state index in [2.05, 4.69) is 35.1 Å². The van der Waals surface area contributed by atoms with Gasteiger partial charge in [0.1, 0.15) is 0 Å². The van der Waals surface area contributed by atoms with E-state index in [9.17, 15) is 4.79 Å². The zero-order valence-electron chi connectivity index (χ0n) is 10.8. The molecule has 4 heteroatoms. The molecule has 0 saturated carbocycles. The van der Waals surface area contributed by atoms with Crippen LogP contribution in [0.1, 0.15) is 33.1 Å². The second-order valence-corrected chi connectivity index (χ2v) is 5.89. The van der Waals surface area contributed by atoms with Crippen molar-refractivity contribution < 1.29 is 4.79 Å². The second kappa shape index (κ2) is 5.74. The minimum absolute atomic E-state index is 0.0111. The maximum absolute atomic E-state index is 12.3. The maximum Gasteiger partial charge on any atom is 0.322 e. The lowest BCUT2D eigenvalue weighted by Gasteiger charge is -2.38. The zero-order valence-corrected chi connectivity index (χ0v) is 12.4. The molecule has 18 heavy (non-hydrogen) atoms. The molecule has 1 fully saturated rings. The summed E-state index contributed by atoms with van der Waals surface area (Å²) in [5.41, 5.74) is 0.841. The first-order chi connectivity index (χ1) is 8.58. The molecule has 0 aromatic heterocycles. The molecule has 2 unspecified atom stereocenters. The zero-order chi connectivity index (χ0) is 13.1. The summed E-state index contributed by atoms with van der Waals surface area (Å²) in [6.45, 7) is 4.24. The van der Waals surface area contributed by atoms with Gasteiger partial charge < -0.3 is 10.2 Å². The smallest absolute Gasteiger partial charge is 0.319 e. The van der Waals surface area contributed by atoms with Crippen molar-refractivity contribution in [2.24, 2.45) is 0 Å². The number of halogens is 1. The van der Waals surface area contributed by atoms with Gasteiger partial charge in [-0.05, 0) is 57.4 Å². The Morgan fingerprint density at radius 1 is 1.22 bits per heavy atom. The number of benzene rings is 1. The van der Waals surface area contributed by atoms with Crippen molar-refractivity contribution >= 4 is 27.6 Å². The van der Waals surface area contributed by atoms with Crippen molar-refractivity contribution in [3.8, 4) is 0 Å². The number of hydrogen-bond donors (Lipinski definition) is 1. The monoisotopic (exact) mass is 310 g/mol. The third-order valence-corrected chi connectivity index (χ3v) is 4.05. The van der Waals surface area contributed by atoms with Crippen molar-refractivity contribution in [2.75, 3.05) is 5.32 Å². The molecule has 1 N–H and O–H groups in total. The molecule has 1 aromatic rings. The van der Waals surface area contributed by atoms with Gasteiger partial charge in [-0.2, -0.15) is 0 Å². The van der Waals surface area contributed by atoms with Crippen LogP contribution >= 0.6 is 15.9 Å². The molecule has 1 aromatic carbocycles. The molecule has 0 bridgehead atoms. The van der Waals surface area contributed by atoms with Gasteiger partial charge in [0, 0.05) is 22.2 Å². The molecule has 1 saturated heterocycles. The summed E-state index contributed by atoms with van der Waals surface area (Å²) >= 11 is 3.38. The Morgan fingerprint density at radius 3 is 2.33 bits per heavy atom. The Bertz CT molecular complexity index is 408. The highest BCUT2D eigenvalue weighted by Gasteiger charge is 2.28. The molecule has 0 radical (unpaired) electrons. The van der Waals surface area contributed by atoms with Crippen LogP contribution in [0.15, 0.2) is 28.7 Å². The SMILES string of the molecule is CC1CCCC(C)N1C(=O)Nc1ccc(Br)cc1. The van der Waals surface area contributed by atoms with E-state index in [0.29, 0.717) is 12.1 Å². The van der Waals surface area contributed by atoms with Crippen LogP contribution in [0.4, 0.5) is 10.5 Å². The number of anilines is 1. The molecular weight excluding hydrogens is 292 g/mol. The molecule has 1 aliphatic rings. The second-order valence-electron chi connectivity index (χ2n) is 4.97. The quantitative estimate of drug-likeness (QED) is 0.826. The van der Waals surface area contributed by atoms with E-state index >= 15 is 0 Å². The normalized spacial score (nSPS) is 23.8. The summed E-state index contributed by atoms with van der Waals surface area (Å²) in [7, 11) is 0. The summed E-state index contributed by atoms with van der Waals surface area (Å²) in [6.07, 6.45) is 3.40. The van der Waals surface area contributed by atoms with E-state index in [4.69, 9.17) is 0 Å². The minimum atomic E-state index is 0.0111. The lowest BCUT2D eigenvalue weighted by molar-refractivity contribution is 0.133. The Kier molecular flexibility index (Phi) is 4.27. The van der Waals surface area contributed by atoms with Gasteiger partial charge in [0.25, 0.3) is 0 Å². The molecule has 2 atom stereocenters. The predicted octanol–water partition coefficient (Wildman–Crippen LogP) is 4.24. The first-order valence-electron chi connectivity index (χ1n) is 6.43. The van der Waals surface area contributed by atoms with Gasteiger partial charge in [-0.15, -0.1) is 0 Å². The largest absolute Gasteiger partial charge is 0.322 e. The number of rotatable bonds is 1. The van der Waals surface area contributed by atoms with Crippen molar-refractivity contribution in [3.05, 3.63) is 28.7 Å². The number of carbonyl (C=O) groups is 1. The molecule has 98 valence electrons. The number of piperidine rings is 1. The van der Waals surface area contributed by atoms with Gasteiger partial charge in [0.05, 0.1) is 0 Å². The molecular formula is C14H19BrN2O. The average Bonchev–Trinajstić information content (AvgIpc) is 2.32. The molecule has 0 spiro atoms. The molecule has 3 nitrogen and oxygen atoms in total. The van der Waals surface area contributed by atoms with Crippen LogP contribution in [0.3, 0.4) is 0 Å². The third-order valence-electron chi connectivity index (χ3n) is 3.52. The van der Waals surface area contributed by atoms with E-state index < -0.39 is 0 Å². The van der Waals surface area contributed by atoms with Crippen LogP contribution in [0.2, 0.25) is 0 Å². The Hall–Kier alpha value is -1.03. The topological polar surface area (TPSA) is 32.3 Å². The molecule has 0 aliphatic carbocycles. The summed E-state index contributed by atoms with van der Waals surface area (Å²) in [4.78, 5) is 14.2. The standard InChI is InChI=1S/C14H19BrN2O/c1-10-4-3-5-11(2)17(10)14(18)16-13-8-6-12(15)7-9-13/h6-11H,3-5H2,1-2H3,(H,16,18). The van der Waals surface area contributed by atoms with Crippen LogP contribution in [-0.4, -0.2) is 23.0 Å². The Morgan fingerprint density at radius 2 is 1.78 bits per heavy atom. The van der Waals surface area contributed by atoms with Crippen LogP contribution in [-0.2, 0) is 0 Å². The maximum atomic E-state index is 12.3. The number of urea groups is 1. The number of amides is 2.